The topological polar surface area (TPSA) is 51.7 Å². The Morgan fingerprint density at radius 1 is 0.651 bits per heavy atom. The highest BCUT2D eigenvalue weighted by atomic mass is 16.3. The Morgan fingerprint density at radius 2 is 1.33 bits per heavy atom. The van der Waals surface area contributed by atoms with Crippen molar-refractivity contribution >= 4 is 61.7 Å². The predicted molar refractivity (Wildman–Crippen MR) is 178 cm³/mol. The minimum atomic E-state index is -0.354. The maximum atomic E-state index is 13.7. The standard InChI is InChI=1S/C39H25NO3/c1-3-4-10-27-23(2)33-21-26(22-34-29-11-5-6-13-32(29)39(42)40(36(33)34)38(27)41)24-17-19-25(20-18-24)28-14-9-15-31-30-12-7-8-16-35(30)43-37(28)31/h3-22H,2H2,1H3/b4-3-,27-10+. The SMILES string of the molecule is C=c1/c(=C\C=C/C)c(=O)n2c(=O)c3ccccc3c3cc(-c4ccc(-c5cccc6c5oc5ccccc56)cc4)cc1c32. The monoisotopic (exact) mass is 555 g/mol. The van der Waals surface area contributed by atoms with Gasteiger partial charge < -0.3 is 4.42 Å². The second-order valence-corrected chi connectivity index (χ2v) is 10.9. The molecular weight excluding hydrogens is 530 g/mol. The lowest BCUT2D eigenvalue weighted by Gasteiger charge is -2.14. The molecule has 5 aromatic carbocycles. The van der Waals surface area contributed by atoms with E-state index in [0.29, 0.717) is 21.3 Å². The van der Waals surface area contributed by atoms with E-state index in [4.69, 9.17) is 4.42 Å². The molecule has 0 atom stereocenters. The highest BCUT2D eigenvalue weighted by Crippen LogP contribution is 2.37. The zero-order valence-corrected chi connectivity index (χ0v) is 23.4. The van der Waals surface area contributed by atoms with Gasteiger partial charge in [-0.15, -0.1) is 0 Å². The number of benzene rings is 5. The molecule has 0 amide bonds. The average molecular weight is 556 g/mol. The van der Waals surface area contributed by atoms with Gasteiger partial charge in [-0.1, -0.05) is 97.6 Å². The Balaban J connectivity index is 1.38. The molecule has 0 unspecified atom stereocenters. The van der Waals surface area contributed by atoms with Crippen molar-refractivity contribution in [1.82, 2.24) is 4.40 Å². The molecular formula is C39H25NO3. The van der Waals surface area contributed by atoms with Crippen molar-refractivity contribution in [2.75, 3.05) is 0 Å². The minimum Gasteiger partial charge on any atom is -0.455 e. The molecule has 4 nitrogen and oxygen atoms in total. The number of hydrogen-bond donors (Lipinski definition) is 0. The van der Waals surface area contributed by atoms with E-state index < -0.39 is 0 Å². The molecule has 0 aliphatic rings. The molecule has 3 aromatic heterocycles. The van der Waals surface area contributed by atoms with Crippen LogP contribution in [0.3, 0.4) is 0 Å². The van der Waals surface area contributed by atoms with Crippen LogP contribution in [0, 0.1) is 0 Å². The molecule has 43 heavy (non-hydrogen) atoms. The van der Waals surface area contributed by atoms with Gasteiger partial charge in [0.1, 0.15) is 11.2 Å². The lowest BCUT2D eigenvalue weighted by Crippen LogP contribution is -2.46. The summed E-state index contributed by atoms with van der Waals surface area (Å²) in [5.41, 5.74) is 5.77. The Morgan fingerprint density at radius 3 is 2.12 bits per heavy atom. The summed E-state index contributed by atoms with van der Waals surface area (Å²) in [6, 6.07) is 34.4. The lowest BCUT2D eigenvalue weighted by atomic mass is 9.94. The number of fused-ring (bicyclic) bond motifs is 5. The molecule has 0 N–H and O–H groups in total. The first kappa shape index (κ1) is 25.0. The van der Waals surface area contributed by atoms with Crippen molar-refractivity contribution in [3.8, 4) is 22.3 Å². The van der Waals surface area contributed by atoms with Gasteiger partial charge in [0.25, 0.3) is 11.1 Å². The van der Waals surface area contributed by atoms with E-state index in [1.54, 1.807) is 18.2 Å². The molecule has 3 heterocycles. The van der Waals surface area contributed by atoms with Gasteiger partial charge in [0.2, 0.25) is 0 Å². The number of allylic oxidation sites excluding steroid dienone is 2. The summed E-state index contributed by atoms with van der Waals surface area (Å²) >= 11 is 0. The second-order valence-electron chi connectivity index (χ2n) is 10.9. The Kier molecular flexibility index (Phi) is 5.47. The quantitative estimate of drug-likeness (QED) is 0.169. The van der Waals surface area contributed by atoms with Crippen LogP contribution in [0.2, 0.25) is 0 Å². The molecule has 204 valence electrons. The molecule has 0 aliphatic carbocycles. The number of furan rings is 1. The molecule has 0 aliphatic heterocycles. The van der Waals surface area contributed by atoms with E-state index >= 15 is 0 Å². The molecule has 0 saturated heterocycles. The third-order valence-electron chi connectivity index (χ3n) is 8.46. The molecule has 4 heteroatoms. The Bertz CT molecular complexity index is 2680. The third-order valence-corrected chi connectivity index (χ3v) is 8.46. The molecule has 0 saturated carbocycles. The van der Waals surface area contributed by atoms with Gasteiger partial charge in [0.05, 0.1) is 5.52 Å². The van der Waals surface area contributed by atoms with Crippen LogP contribution in [0.15, 0.2) is 129 Å². The van der Waals surface area contributed by atoms with E-state index in [2.05, 4.69) is 61.2 Å². The third kappa shape index (κ3) is 3.63. The molecule has 0 spiro atoms. The highest BCUT2D eigenvalue weighted by molar-refractivity contribution is 6.13. The Labute approximate surface area is 245 Å². The van der Waals surface area contributed by atoms with Crippen LogP contribution in [0.5, 0.6) is 0 Å². The first-order chi connectivity index (χ1) is 21.0. The lowest BCUT2D eigenvalue weighted by molar-refractivity contribution is 0.670. The number of aromatic nitrogens is 1. The summed E-state index contributed by atoms with van der Waals surface area (Å²) in [6.07, 6.45) is 5.39. The summed E-state index contributed by atoms with van der Waals surface area (Å²) in [7, 11) is 0. The summed E-state index contributed by atoms with van der Waals surface area (Å²) in [5, 5.41) is 6.18. The zero-order chi connectivity index (χ0) is 29.2. The largest absolute Gasteiger partial charge is 0.455 e. The van der Waals surface area contributed by atoms with Crippen LogP contribution in [-0.4, -0.2) is 4.40 Å². The smallest absolute Gasteiger partial charge is 0.266 e. The van der Waals surface area contributed by atoms with Crippen LogP contribution < -0.4 is 21.6 Å². The van der Waals surface area contributed by atoms with Crippen LogP contribution in [0.25, 0.3) is 83.9 Å². The number of nitrogens with zero attached hydrogens (tertiary/aromatic N) is 1. The maximum Gasteiger partial charge on any atom is 0.266 e. The predicted octanol–water partition coefficient (Wildman–Crippen LogP) is 7.40. The van der Waals surface area contributed by atoms with E-state index in [1.165, 1.54) is 4.40 Å². The van der Waals surface area contributed by atoms with E-state index in [9.17, 15) is 9.59 Å². The zero-order valence-electron chi connectivity index (χ0n) is 23.4. The fourth-order valence-corrected chi connectivity index (χ4v) is 6.37. The number of para-hydroxylation sites is 2. The number of rotatable bonds is 3. The maximum absolute atomic E-state index is 13.7. The van der Waals surface area contributed by atoms with Gasteiger partial charge in [-0.3, -0.25) is 9.59 Å². The summed E-state index contributed by atoms with van der Waals surface area (Å²) in [4.78, 5) is 27.3. The van der Waals surface area contributed by atoms with E-state index in [0.717, 1.165) is 60.4 Å². The van der Waals surface area contributed by atoms with E-state index in [1.807, 2.05) is 55.5 Å². The fourth-order valence-electron chi connectivity index (χ4n) is 6.37. The van der Waals surface area contributed by atoms with Crippen LogP contribution in [0.1, 0.15) is 6.92 Å². The van der Waals surface area contributed by atoms with Crippen LogP contribution in [-0.2, 0) is 0 Å². The molecule has 8 aromatic rings. The molecule has 0 radical (unpaired) electrons. The van der Waals surface area contributed by atoms with Gasteiger partial charge in [0, 0.05) is 37.7 Å². The van der Waals surface area contributed by atoms with Crippen molar-refractivity contribution in [3.05, 3.63) is 146 Å². The van der Waals surface area contributed by atoms with Crippen molar-refractivity contribution in [3.63, 3.8) is 0 Å². The van der Waals surface area contributed by atoms with Crippen molar-refractivity contribution < 1.29 is 4.42 Å². The van der Waals surface area contributed by atoms with Gasteiger partial charge in [0.15, 0.2) is 0 Å². The second kappa shape index (κ2) is 9.40. The minimum absolute atomic E-state index is 0.315. The van der Waals surface area contributed by atoms with Crippen molar-refractivity contribution in [2.45, 2.75) is 6.92 Å². The average Bonchev–Trinajstić information content (AvgIpc) is 3.43. The highest BCUT2D eigenvalue weighted by Gasteiger charge is 2.17. The summed E-state index contributed by atoms with van der Waals surface area (Å²) in [5.74, 6) is 0. The number of pyridine rings is 2. The van der Waals surface area contributed by atoms with Gasteiger partial charge >= 0.3 is 0 Å². The summed E-state index contributed by atoms with van der Waals surface area (Å²) in [6.45, 7) is 6.21. The molecule has 0 fully saturated rings. The first-order valence-electron chi connectivity index (χ1n) is 14.2. The van der Waals surface area contributed by atoms with Gasteiger partial charge in [-0.2, -0.15) is 0 Å². The van der Waals surface area contributed by atoms with Crippen LogP contribution >= 0.6 is 0 Å². The van der Waals surface area contributed by atoms with Crippen molar-refractivity contribution in [2.24, 2.45) is 0 Å². The molecule has 0 bridgehead atoms. The number of hydrogen-bond acceptors (Lipinski definition) is 3. The first-order valence-corrected chi connectivity index (χ1v) is 14.2. The van der Waals surface area contributed by atoms with Gasteiger partial charge in [-0.05, 0) is 64.6 Å². The Hall–Kier alpha value is -5.74. The van der Waals surface area contributed by atoms with Gasteiger partial charge in [-0.25, -0.2) is 4.40 Å². The summed E-state index contributed by atoms with van der Waals surface area (Å²) < 4.78 is 7.60. The van der Waals surface area contributed by atoms with Crippen LogP contribution in [0.4, 0.5) is 0 Å². The van der Waals surface area contributed by atoms with Crippen molar-refractivity contribution in [1.29, 1.82) is 0 Å². The fraction of sp³-hybridized carbons (Fsp3) is 0.0256. The normalized spacial score (nSPS) is 12.6. The molecule has 8 rings (SSSR count). The van der Waals surface area contributed by atoms with E-state index in [-0.39, 0.29) is 11.1 Å².